The van der Waals surface area contributed by atoms with E-state index in [1.807, 2.05) is 13.1 Å². The Morgan fingerprint density at radius 3 is 2.71 bits per heavy atom. The fourth-order valence-corrected chi connectivity index (χ4v) is 2.09. The van der Waals surface area contributed by atoms with Gasteiger partial charge in [-0.05, 0) is 30.5 Å². The second kappa shape index (κ2) is 9.06. The Balaban J connectivity index is 2.55. The van der Waals surface area contributed by atoms with Crippen molar-refractivity contribution in [1.82, 2.24) is 10.2 Å². The van der Waals surface area contributed by atoms with Crippen molar-refractivity contribution in [2.75, 3.05) is 39.6 Å². The van der Waals surface area contributed by atoms with Crippen LogP contribution in [-0.2, 0) is 6.54 Å². The van der Waals surface area contributed by atoms with Crippen LogP contribution in [0.3, 0.4) is 0 Å². The molecule has 0 aliphatic heterocycles. The van der Waals surface area contributed by atoms with Crippen LogP contribution in [0.1, 0.15) is 18.4 Å². The lowest BCUT2D eigenvalue weighted by Gasteiger charge is -2.22. The standard InChI is InChI=1S/C17H28N4/c1-6-7-8-12-21(5)17(18-2)19-14-15-10-9-11-16(13-15)20(3)4/h6,9-11,13H,1,7-8,12,14H2,2-5H3,(H,18,19). The molecule has 1 aromatic carbocycles. The van der Waals surface area contributed by atoms with E-state index in [2.05, 4.69) is 72.1 Å². The van der Waals surface area contributed by atoms with Gasteiger partial charge in [0.25, 0.3) is 0 Å². The fourth-order valence-electron chi connectivity index (χ4n) is 2.09. The number of hydrogen-bond acceptors (Lipinski definition) is 2. The SMILES string of the molecule is C=CCCCN(C)C(=NC)NCc1cccc(N(C)C)c1. The molecule has 0 aliphatic rings. The highest BCUT2D eigenvalue weighted by Gasteiger charge is 2.05. The second-order valence-corrected chi connectivity index (χ2v) is 5.32. The summed E-state index contributed by atoms with van der Waals surface area (Å²) in [7, 11) is 7.99. The number of nitrogens with zero attached hydrogens (tertiary/aromatic N) is 3. The van der Waals surface area contributed by atoms with E-state index in [9.17, 15) is 0 Å². The molecule has 0 spiro atoms. The molecule has 0 saturated heterocycles. The Morgan fingerprint density at radius 1 is 1.33 bits per heavy atom. The van der Waals surface area contributed by atoms with Gasteiger partial charge in [-0.15, -0.1) is 6.58 Å². The van der Waals surface area contributed by atoms with Crippen LogP contribution in [0.2, 0.25) is 0 Å². The molecule has 0 radical (unpaired) electrons. The molecule has 0 saturated carbocycles. The third-order valence-electron chi connectivity index (χ3n) is 3.35. The lowest BCUT2D eigenvalue weighted by molar-refractivity contribution is 0.470. The maximum atomic E-state index is 4.33. The van der Waals surface area contributed by atoms with Crippen LogP contribution in [-0.4, -0.2) is 45.6 Å². The molecule has 0 atom stereocenters. The number of nitrogens with one attached hydrogen (secondary N) is 1. The third kappa shape index (κ3) is 5.90. The molecular weight excluding hydrogens is 260 g/mol. The molecule has 1 N–H and O–H groups in total. The van der Waals surface area contributed by atoms with Crippen molar-refractivity contribution in [2.24, 2.45) is 4.99 Å². The highest BCUT2D eigenvalue weighted by molar-refractivity contribution is 5.79. The van der Waals surface area contributed by atoms with Gasteiger partial charge < -0.3 is 15.1 Å². The van der Waals surface area contributed by atoms with Crippen molar-refractivity contribution in [1.29, 1.82) is 0 Å². The van der Waals surface area contributed by atoms with Crippen molar-refractivity contribution >= 4 is 11.6 Å². The van der Waals surface area contributed by atoms with E-state index in [4.69, 9.17) is 0 Å². The lowest BCUT2D eigenvalue weighted by atomic mass is 10.2. The fraction of sp³-hybridized carbons (Fsp3) is 0.471. The number of unbranched alkanes of at least 4 members (excludes halogenated alkanes) is 1. The first kappa shape index (κ1) is 17.1. The predicted molar refractivity (Wildman–Crippen MR) is 93.0 cm³/mol. The molecule has 21 heavy (non-hydrogen) atoms. The van der Waals surface area contributed by atoms with Crippen molar-refractivity contribution < 1.29 is 0 Å². The molecule has 1 rings (SSSR count). The van der Waals surface area contributed by atoms with Gasteiger partial charge >= 0.3 is 0 Å². The average molecular weight is 288 g/mol. The first-order chi connectivity index (χ1) is 10.1. The minimum absolute atomic E-state index is 0.778. The highest BCUT2D eigenvalue weighted by atomic mass is 15.3. The Kier molecular flexibility index (Phi) is 7.37. The van der Waals surface area contributed by atoms with Crippen molar-refractivity contribution in [3.8, 4) is 0 Å². The molecule has 0 aromatic heterocycles. The normalized spacial score (nSPS) is 11.1. The van der Waals surface area contributed by atoms with E-state index in [1.165, 1.54) is 11.3 Å². The zero-order valence-corrected chi connectivity index (χ0v) is 13.8. The van der Waals surface area contributed by atoms with Crippen molar-refractivity contribution in [2.45, 2.75) is 19.4 Å². The van der Waals surface area contributed by atoms with Crippen LogP contribution in [0.5, 0.6) is 0 Å². The molecule has 4 heteroatoms. The molecule has 4 nitrogen and oxygen atoms in total. The Morgan fingerprint density at radius 2 is 2.10 bits per heavy atom. The first-order valence-corrected chi connectivity index (χ1v) is 7.37. The second-order valence-electron chi connectivity index (χ2n) is 5.32. The zero-order valence-electron chi connectivity index (χ0n) is 13.8. The Bertz CT molecular complexity index is 466. The molecule has 0 aliphatic carbocycles. The molecule has 0 heterocycles. The van der Waals surface area contributed by atoms with Gasteiger partial charge in [0, 0.05) is 47.0 Å². The van der Waals surface area contributed by atoms with Gasteiger partial charge in [-0.1, -0.05) is 18.2 Å². The van der Waals surface area contributed by atoms with E-state index >= 15 is 0 Å². The summed E-state index contributed by atoms with van der Waals surface area (Å²) in [5.41, 5.74) is 2.46. The third-order valence-corrected chi connectivity index (χ3v) is 3.35. The summed E-state index contributed by atoms with van der Waals surface area (Å²) in [6, 6.07) is 8.52. The summed E-state index contributed by atoms with van der Waals surface area (Å²) in [6.07, 6.45) is 4.08. The topological polar surface area (TPSA) is 30.9 Å². The maximum Gasteiger partial charge on any atom is 0.193 e. The largest absolute Gasteiger partial charge is 0.378 e. The molecule has 0 amide bonds. The van der Waals surface area contributed by atoms with Gasteiger partial charge in [-0.3, -0.25) is 4.99 Å². The van der Waals surface area contributed by atoms with Gasteiger partial charge in [0.15, 0.2) is 5.96 Å². The number of allylic oxidation sites excluding steroid dienone is 1. The quantitative estimate of drug-likeness (QED) is 0.362. The summed E-state index contributed by atoms with van der Waals surface area (Å²) in [4.78, 5) is 8.60. The highest BCUT2D eigenvalue weighted by Crippen LogP contribution is 2.13. The predicted octanol–water partition coefficient (Wildman–Crippen LogP) is 2.73. The average Bonchev–Trinajstić information content (AvgIpc) is 2.48. The van der Waals surface area contributed by atoms with Crippen LogP contribution < -0.4 is 10.2 Å². The monoisotopic (exact) mass is 288 g/mol. The smallest absolute Gasteiger partial charge is 0.193 e. The molecule has 0 bridgehead atoms. The first-order valence-electron chi connectivity index (χ1n) is 7.37. The minimum Gasteiger partial charge on any atom is -0.378 e. The van der Waals surface area contributed by atoms with E-state index in [0.717, 1.165) is 31.9 Å². The van der Waals surface area contributed by atoms with Crippen LogP contribution >= 0.6 is 0 Å². The Hall–Kier alpha value is -1.97. The molecule has 0 unspecified atom stereocenters. The molecule has 116 valence electrons. The molecule has 0 fully saturated rings. The number of benzene rings is 1. The van der Waals surface area contributed by atoms with E-state index in [0.29, 0.717) is 0 Å². The van der Waals surface area contributed by atoms with Crippen LogP contribution in [0, 0.1) is 0 Å². The van der Waals surface area contributed by atoms with Gasteiger partial charge in [0.2, 0.25) is 0 Å². The lowest BCUT2D eigenvalue weighted by Crippen LogP contribution is -2.38. The summed E-state index contributed by atoms with van der Waals surface area (Å²) >= 11 is 0. The zero-order chi connectivity index (χ0) is 15.7. The molecule has 1 aromatic rings. The van der Waals surface area contributed by atoms with Crippen LogP contribution in [0.25, 0.3) is 0 Å². The van der Waals surface area contributed by atoms with Crippen molar-refractivity contribution in [3.63, 3.8) is 0 Å². The van der Waals surface area contributed by atoms with E-state index in [-0.39, 0.29) is 0 Å². The van der Waals surface area contributed by atoms with Crippen molar-refractivity contribution in [3.05, 3.63) is 42.5 Å². The minimum atomic E-state index is 0.778. The van der Waals surface area contributed by atoms with E-state index < -0.39 is 0 Å². The summed E-state index contributed by atoms with van der Waals surface area (Å²) in [6.45, 7) is 5.51. The van der Waals surface area contributed by atoms with Gasteiger partial charge in [-0.2, -0.15) is 0 Å². The number of anilines is 1. The van der Waals surface area contributed by atoms with Crippen LogP contribution in [0.15, 0.2) is 41.9 Å². The van der Waals surface area contributed by atoms with Crippen LogP contribution in [0.4, 0.5) is 5.69 Å². The number of rotatable bonds is 7. The van der Waals surface area contributed by atoms with Gasteiger partial charge in [0.1, 0.15) is 0 Å². The van der Waals surface area contributed by atoms with E-state index in [1.54, 1.807) is 0 Å². The number of aliphatic imine (C=N–C) groups is 1. The summed E-state index contributed by atoms with van der Waals surface area (Å²) in [5.74, 6) is 0.925. The molecular formula is C17H28N4. The maximum absolute atomic E-state index is 4.33. The summed E-state index contributed by atoms with van der Waals surface area (Å²) < 4.78 is 0. The summed E-state index contributed by atoms with van der Waals surface area (Å²) in [5, 5.41) is 3.41. The number of hydrogen-bond donors (Lipinski definition) is 1. The number of guanidine groups is 1. The van der Waals surface area contributed by atoms with Gasteiger partial charge in [0.05, 0.1) is 0 Å². The van der Waals surface area contributed by atoms with Gasteiger partial charge in [-0.25, -0.2) is 0 Å². The Labute approximate surface area is 129 Å².